The van der Waals surface area contributed by atoms with Crippen molar-refractivity contribution in [2.24, 2.45) is 23.7 Å². The number of rotatable bonds is 1. The first-order chi connectivity index (χ1) is 10.8. The Bertz CT molecular complexity index is 748. The second-order valence-electron chi connectivity index (χ2n) is 6.03. The van der Waals surface area contributed by atoms with Crippen molar-refractivity contribution in [3.63, 3.8) is 0 Å². The van der Waals surface area contributed by atoms with E-state index in [4.69, 9.17) is 5.73 Å². The Morgan fingerprint density at radius 2 is 1.30 bits per heavy atom. The van der Waals surface area contributed by atoms with Crippen LogP contribution in [0, 0.1) is 46.9 Å². The molecular formula is C15H10F4N2O2. The quantitative estimate of drug-likeness (QED) is 0.283. The van der Waals surface area contributed by atoms with Gasteiger partial charge in [0.25, 0.3) is 0 Å². The topological polar surface area (TPSA) is 63.4 Å². The molecule has 0 radical (unpaired) electrons. The Balaban J connectivity index is 1.88. The van der Waals surface area contributed by atoms with Gasteiger partial charge in [-0.3, -0.25) is 9.59 Å². The van der Waals surface area contributed by atoms with Crippen molar-refractivity contribution in [3.8, 4) is 0 Å². The van der Waals surface area contributed by atoms with Crippen LogP contribution >= 0.6 is 0 Å². The third-order valence-electron chi connectivity index (χ3n) is 4.97. The molecule has 23 heavy (non-hydrogen) atoms. The molecule has 2 aliphatic carbocycles. The number of carbonyl (C=O) groups excluding carboxylic acids is 2. The number of fused-ring (bicyclic) bond motifs is 5. The highest BCUT2D eigenvalue weighted by Gasteiger charge is 2.60. The average molecular weight is 326 g/mol. The normalized spacial score (nSPS) is 31.4. The van der Waals surface area contributed by atoms with E-state index in [0.29, 0.717) is 6.42 Å². The van der Waals surface area contributed by atoms with E-state index in [2.05, 4.69) is 0 Å². The van der Waals surface area contributed by atoms with Gasteiger partial charge in [-0.15, -0.1) is 0 Å². The number of nitrogens with zero attached hydrogens (tertiary/aromatic N) is 1. The number of nitrogens with two attached hydrogens (primary N) is 1. The standard InChI is InChI=1S/C15H10F4N2O2/c16-8-10(18)13(11(19)9(17)12(8)20)21-14(22)6-4-1-2-5(3-4)7(6)15(21)23/h1-2,4-7H,3,20H2/t4-,5+,6-,7+. The maximum absolute atomic E-state index is 14.1. The molecule has 1 saturated carbocycles. The van der Waals surface area contributed by atoms with E-state index in [1.807, 2.05) is 0 Å². The molecule has 1 aliphatic heterocycles. The van der Waals surface area contributed by atoms with E-state index in [-0.39, 0.29) is 16.7 Å². The lowest BCUT2D eigenvalue weighted by Gasteiger charge is -2.19. The van der Waals surface area contributed by atoms with Crippen LogP contribution in [0.15, 0.2) is 12.2 Å². The summed E-state index contributed by atoms with van der Waals surface area (Å²) in [5.41, 5.74) is 2.29. The number of anilines is 2. The maximum atomic E-state index is 14.1. The van der Waals surface area contributed by atoms with Crippen LogP contribution in [-0.2, 0) is 9.59 Å². The summed E-state index contributed by atoms with van der Waals surface area (Å²) in [6.07, 6.45) is 4.20. The SMILES string of the molecule is Nc1c(F)c(F)c(N2C(=O)[C@@H]3[C@H](C2=O)[C@@H]2C=C[C@H]3C2)c(F)c1F. The van der Waals surface area contributed by atoms with Crippen molar-refractivity contribution in [2.45, 2.75) is 6.42 Å². The Morgan fingerprint density at radius 3 is 1.74 bits per heavy atom. The molecule has 1 heterocycles. The Hall–Kier alpha value is -2.38. The minimum Gasteiger partial charge on any atom is -0.394 e. The molecule has 2 fully saturated rings. The second-order valence-corrected chi connectivity index (χ2v) is 6.03. The number of allylic oxidation sites excluding steroid dienone is 2. The van der Waals surface area contributed by atoms with Gasteiger partial charge in [0.05, 0.1) is 11.8 Å². The zero-order valence-corrected chi connectivity index (χ0v) is 11.5. The van der Waals surface area contributed by atoms with Gasteiger partial charge in [0.1, 0.15) is 11.4 Å². The Morgan fingerprint density at radius 1 is 0.870 bits per heavy atom. The van der Waals surface area contributed by atoms with Crippen molar-refractivity contribution < 1.29 is 27.2 Å². The summed E-state index contributed by atoms with van der Waals surface area (Å²) in [7, 11) is 0. The minimum absolute atomic E-state index is 0.193. The molecule has 4 rings (SSSR count). The van der Waals surface area contributed by atoms with Crippen LogP contribution in [-0.4, -0.2) is 11.8 Å². The number of amides is 2. The van der Waals surface area contributed by atoms with Crippen molar-refractivity contribution in [2.75, 3.05) is 10.6 Å². The van der Waals surface area contributed by atoms with Gasteiger partial charge in [0, 0.05) is 0 Å². The highest BCUT2D eigenvalue weighted by Crippen LogP contribution is 2.53. The van der Waals surface area contributed by atoms with Gasteiger partial charge in [-0.1, -0.05) is 12.2 Å². The number of hydrogen-bond donors (Lipinski definition) is 1. The number of benzene rings is 1. The van der Waals surface area contributed by atoms with Crippen molar-refractivity contribution in [1.82, 2.24) is 0 Å². The van der Waals surface area contributed by atoms with Crippen LogP contribution in [0.1, 0.15) is 6.42 Å². The highest BCUT2D eigenvalue weighted by atomic mass is 19.2. The van der Waals surface area contributed by atoms with E-state index >= 15 is 0 Å². The van der Waals surface area contributed by atoms with Crippen LogP contribution in [0.2, 0.25) is 0 Å². The summed E-state index contributed by atoms with van der Waals surface area (Å²) in [4.78, 5) is 25.2. The molecule has 2 amide bonds. The zero-order chi connectivity index (χ0) is 16.6. The lowest BCUT2D eigenvalue weighted by atomic mass is 9.85. The summed E-state index contributed by atoms with van der Waals surface area (Å²) in [5.74, 6) is -10.9. The second kappa shape index (κ2) is 4.33. The fourth-order valence-corrected chi connectivity index (χ4v) is 3.96. The van der Waals surface area contributed by atoms with Gasteiger partial charge in [0.2, 0.25) is 11.8 Å². The number of carbonyl (C=O) groups is 2. The molecule has 1 aromatic carbocycles. The van der Waals surface area contributed by atoms with Crippen molar-refractivity contribution >= 4 is 23.2 Å². The smallest absolute Gasteiger partial charge is 0.238 e. The minimum atomic E-state index is -1.84. The number of hydrogen-bond acceptors (Lipinski definition) is 3. The zero-order valence-electron chi connectivity index (χ0n) is 11.5. The van der Waals surface area contributed by atoms with Gasteiger partial charge in [-0.05, 0) is 18.3 Å². The monoisotopic (exact) mass is 326 g/mol. The molecule has 3 aliphatic rings. The summed E-state index contributed by atoms with van der Waals surface area (Å²) >= 11 is 0. The molecule has 4 nitrogen and oxygen atoms in total. The predicted molar refractivity (Wildman–Crippen MR) is 70.9 cm³/mol. The van der Waals surface area contributed by atoms with Crippen molar-refractivity contribution in [1.29, 1.82) is 0 Å². The average Bonchev–Trinajstić information content (AvgIpc) is 3.20. The fourth-order valence-electron chi connectivity index (χ4n) is 3.96. The first-order valence-electron chi connectivity index (χ1n) is 7.02. The molecule has 2 bridgehead atoms. The first kappa shape index (κ1) is 14.2. The first-order valence-corrected chi connectivity index (χ1v) is 7.02. The van der Waals surface area contributed by atoms with Gasteiger partial charge >= 0.3 is 0 Å². The van der Waals surface area contributed by atoms with E-state index in [0.717, 1.165) is 0 Å². The van der Waals surface area contributed by atoms with Crippen LogP contribution in [0.25, 0.3) is 0 Å². The molecule has 0 spiro atoms. The van der Waals surface area contributed by atoms with E-state index < -0.39 is 58.3 Å². The number of imide groups is 1. The van der Waals surface area contributed by atoms with E-state index in [9.17, 15) is 27.2 Å². The third-order valence-corrected chi connectivity index (χ3v) is 4.97. The highest BCUT2D eigenvalue weighted by molar-refractivity contribution is 6.23. The molecule has 120 valence electrons. The van der Waals surface area contributed by atoms with Crippen molar-refractivity contribution in [3.05, 3.63) is 35.4 Å². The van der Waals surface area contributed by atoms with Gasteiger partial charge in [0.15, 0.2) is 23.3 Å². The van der Waals surface area contributed by atoms with Gasteiger partial charge < -0.3 is 5.73 Å². The van der Waals surface area contributed by atoms with Gasteiger partial charge in [-0.25, -0.2) is 22.5 Å². The number of nitrogen functional groups attached to an aromatic ring is 1. The molecule has 2 N–H and O–H groups in total. The van der Waals surface area contributed by atoms with E-state index in [1.54, 1.807) is 12.2 Å². The molecular weight excluding hydrogens is 316 g/mol. The lowest BCUT2D eigenvalue weighted by molar-refractivity contribution is -0.123. The van der Waals surface area contributed by atoms with Gasteiger partial charge in [-0.2, -0.15) is 0 Å². The van der Waals surface area contributed by atoms with Crippen LogP contribution in [0.5, 0.6) is 0 Å². The fraction of sp³-hybridized carbons (Fsp3) is 0.333. The molecule has 4 atom stereocenters. The summed E-state index contributed by atoms with van der Waals surface area (Å²) in [6.45, 7) is 0. The maximum Gasteiger partial charge on any atom is 0.238 e. The molecule has 1 aromatic rings. The molecule has 8 heteroatoms. The predicted octanol–water partition coefficient (Wildman–Crippen LogP) is 2.14. The Kier molecular flexibility index (Phi) is 2.68. The summed E-state index contributed by atoms with van der Waals surface area (Å²) < 4.78 is 55.4. The lowest BCUT2D eigenvalue weighted by Crippen LogP contribution is -2.35. The largest absolute Gasteiger partial charge is 0.394 e. The summed E-state index contributed by atoms with van der Waals surface area (Å²) in [6, 6.07) is 0. The molecule has 1 saturated heterocycles. The van der Waals surface area contributed by atoms with Crippen LogP contribution < -0.4 is 10.6 Å². The van der Waals surface area contributed by atoms with Crippen LogP contribution in [0.4, 0.5) is 28.9 Å². The molecule has 0 unspecified atom stereocenters. The van der Waals surface area contributed by atoms with E-state index in [1.165, 1.54) is 0 Å². The summed E-state index contributed by atoms with van der Waals surface area (Å²) in [5, 5.41) is 0. The third kappa shape index (κ3) is 1.55. The Labute approximate surface area is 127 Å². The number of halogens is 4. The molecule has 0 aromatic heterocycles. The van der Waals surface area contributed by atoms with Crippen LogP contribution in [0.3, 0.4) is 0 Å².